The van der Waals surface area contributed by atoms with Crippen molar-refractivity contribution in [2.45, 2.75) is 50.1 Å². The van der Waals surface area contributed by atoms with Gasteiger partial charge in [0, 0.05) is 19.1 Å². The van der Waals surface area contributed by atoms with Crippen LogP contribution < -0.4 is 0 Å². The van der Waals surface area contributed by atoms with Gasteiger partial charge in [-0.3, -0.25) is 4.90 Å². The van der Waals surface area contributed by atoms with Crippen LogP contribution in [0.5, 0.6) is 0 Å². The maximum absolute atomic E-state index is 9.55. The van der Waals surface area contributed by atoms with Gasteiger partial charge in [0.2, 0.25) is 0 Å². The van der Waals surface area contributed by atoms with Crippen LogP contribution in [0.2, 0.25) is 0 Å². The molecule has 0 bridgehead atoms. The number of piperidine rings is 1. The molecule has 0 N–H and O–H groups in total. The molecule has 1 saturated heterocycles. The average Bonchev–Trinajstić information content (AvgIpc) is 2.83. The molecule has 0 aromatic rings. The molecule has 2 rings (SSSR count). The minimum absolute atomic E-state index is 0.179. The van der Waals surface area contributed by atoms with Crippen molar-refractivity contribution in [2.24, 2.45) is 0 Å². The standard InChI is InChI=1S/C13H23N3/c1-15-9-7-13(11-14,8-10-15)16(2)12-5-3-4-6-12/h12H,3-10H2,1-2H3. The second-order valence-electron chi connectivity index (χ2n) is 5.50. The number of likely N-dealkylation sites (tertiary alicyclic amines) is 1. The number of hydrogen-bond donors (Lipinski definition) is 0. The van der Waals surface area contributed by atoms with Gasteiger partial charge in [0.05, 0.1) is 6.07 Å². The van der Waals surface area contributed by atoms with Gasteiger partial charge in [-0.15, -0.1) is 0 Å². The monoisotopic (exact) mass is 221 g/mol. The van der Waals surface area contributed by atoms with Crippen LogP contribution in [0.4, 0.5) is 0 Å². The Morgan fingerprint density at radius 1 is 1.25 bits per heavy atom. The second-order valence-corrected chi connectivity index (χ2v) is 5.50. The van der Waals surface area contributed by atoms with Gasteiger partial charge in [-0.05, 0) is 39.8 Å². The summed E-state index contributed by atoms with van der Waals surface area (Å²) < 4.78 is 0. The van der Waals surface area contributed by atoms with Crippen molar-refractivity contribution < 1.29 is 0 Å². The summed E-state index contributed by atoms with van der Waals surface area (Å²) >= 11 is 0. The molecule has 0 radical (unpaired) electrons. The van der Waals surface area contributed by atoms with Crippen molar-refractivity contribution >= 4 is 0 Å². The van der Waals surface area contributed by atoms with Crippen molar-refractivity contribution in [2.75, 3.05) is 27.2 Å². The van der Waals surface area contributed by atoms with E-state index in [0.717, 1.165) is 25.9 Å². The van der Waals surface area contributed by atoms with Crippen molar-refractivity contribution in [1.29, 1.82) is 5.26 Å². The van der Waals surface area contributed by atoms with Crippen LogP contribution >= 0.6 is 0 Å². The SMILES string of the molecule is CN1CCC(C#N)(N(C)C2CCCC2)CC1. The Balaban J connectivity index is 2.06. The molecule has 0 spiro atoms. The predicted molar refractivity (Wildman–Crippen MR) is 65.1 cm³/mol. The number of rotatable bonds is 2. The molecule has 0 atom stereocenters. The lowest BCUT2D eigenvalue weighted by molar-refractivity contribution is 0.0591. The zero-order valence-electron chi connectivity index (χ0n) is 10.6. The van der Waals surface area contributed by atoms with E-state index in [1.807, 2.05) is 0 Å². The minimum Gasteiger partial charge on any atom is -0.306 e. The zero-order chi connectivity index (χ0) is 11.6. The van der Waals surface area contributed by atoms with E-state index < -0.39 is 0 Å². The average molecular weight is 221 g/mol. The van der Waals surface area contributed by atoms with Gasteiger partial charge < -0.3 is 4.90 Å². The summed E-state index contributed by atoms with van der Waals surface area (Å²) in [5, 5.41) is 9.55. The molecular weight excluding hydrogens is 198 g/mol. The normalized spacial score (nSPS) is 27.1. The summed E-state index contributed by atoms with van der Waals surface area (Å²) in [6, 6.07) is 3.27. The molecule has 0 aromatic carbocycles. The molecular formula is C13H23N3. The third kappa shape index (κ3) is 2.09. The fourth-order valence-corrected chi connectivity index (χ4v) is 3.17. The Bertz CT molecular complexity index is 267. The van der Waals surface area contributed by atoms with E-state index in [0.29, 0.717) is 6.04 Å². The van der Waals surface area contributed by atoms with Gasteiger partial charge in [-0.2, -0.15) is 5.26 Å². The van der Waals surface area contributed by atoms with Gasteiger partial charge in [0.1, 0.15) is 5.54 Å². The third-order valence-electron chi connectivity index (χ3n) is 4.57. The third-order valence-corrected chi connectivity index (χ3v) is 4.57. The fraction of sp³-hybridized carbons (Fsp3) is 0.923. The van der Waals surface area contributed by atoms with Gasteiger partial charge in [-0.1, -0.05) is 12.8 Å². The summed E-state index contributed by atoms with van der Waals surface area (Å²) in [7, 11) is 4.32. The Morgan fingerprint density at radius 3 is 2.31 bits per heavy atom. The molecule has 2 fully saturated rings. The minimum atomic E-state index is -0.179. The van der Waals surface area contributed by atoms with Crippen LogP contribution in [-0.4, -0.2) is 48.6 Å². The van der Waals surface area contributed by atoms with Crippen molar-refractivity contribution in [3.8, 4) is 6.07 Å². The smallest absolute Gasteiger partial charge is 0.111 e. The lowest BCUT2D eigenvalue weighted by atomic mass is 9.86. The van der Waals surface area contributed by atoms with E-state index in [4.69, 9.17) is 0 Å². The maximum Gasteiger partial charge on any atom is 0.111 e. The first-order valence-corrected chi connectivity index (χ1v) is 6.51. The molecule has 1 aliphatic heterocycles. The van der Waals surface area contributed by atoms with Crippen LogP contribution in [0.3, 0.4) is 0 Å². The van der Waals surface area contributed by atoms with Crippen LogP contribution in [0.15, 0.2) is 0 Å². The highest BCUT2D eigenvalue weighted by Gasteiger charge is 2.41. The molecule has 0 unspecified atom stereocenters. The summed E-state index contributed by atoms with van der Waals surface area (Å²) in [6.45, 7) is 2.12. The van der Waals surface area contributed by atoms with Crippen LogP contribution in [0.1, 0.15) is 38.5 Å². The van der Waals surface area contributed by atoms with Gasteiger partial charge in [0.15, 0.2) is 0 Å². The first kappa shape index (κ1) is 11.9. The Morgan fingerprint density at radius 2 is 1.81 bits per heavy atom. The van der Waals surface area contributed by atoms with E-state index >= 15 is 0 Å². The quantitative estimate of drug-likeness (QED) is 0.713. The highest BCUT2D eigenvalue weighted by atomic mass is 15.2. The fourth-order valence-electron chi connectivity index (χ4n) is 3.17. The molecule has 1 aliphatic carbocycles. The summed E-state index contributed by atoms with van der Waals surface area (Å²) in [5.74, 6) is 0. The Hall–Kier alpha value is -0.590. The van der Waals surface area contributed by atoms with E-state index in [-0.39, 0.29) is 5.54 Å². The van der Waals surface area contributed by atoms with E-state index in [1.54, 1.807) is 0 Å². The first-order valence-electron chi connectivity index (χ1n) is 6.51. The van der Waals surface area contributed by atoms with Gasteiger partial charge in [0.25, 0.3) is 0 Å². The van der Waals surface area contributed by atoms with E-state index in [2.05, 4.69) is 30.0 Å². The first-order chi connectivity index (χ1) is 7.68. The summed E-state index contributed by atoms with van der Waals surface area (Å²) in [6.07, 6.45) is 7.28. The van der Waals surface area contributed by atoms with Crippen molar-refractivity contribution in [1.82, 2.24) is 9.80 Å². The number of nitrogens with zero attached hydrogens (tertiary/aromatic N) is 3. The van der Waals surface area contributed by atoms with Crippen LogP contribution in [-0.2, 0) is 0 Å². The Labute approximate surface area is 99.0 Å². The highest BCUT2D eigenvalue weighted by Crippen LogP contribution is 2.33. The Kier molecular flexibility index (Phi) is 3.51. The molecule has 0 aromatic heterocycles. The van der Waals surface area contributed by atoms with Gasteiger partial charge in [-0.25, -0.2) is 0 Å². The largest absolute Gasteiger partial charge is 0.306 e. The molecule has 16 heavy (non-hydrogen) atoms. The molecule has 3 heteroatoms. The topological polar surface area (TPSA) is 30.3 Å². The van der Waals surface area contributed by atoms with Crippen LogP contribution in [0, 0.1) is 11.3 Å². The van der Waals surface area contributed by atoms with E-state index in [9.17, 15) is 5.26 Å². The second kappa shape index (κ2) is 4.73. The molecule has 3 nitrogen and oxygen atoms in total. The molecule has 1 saturated carbocycles. The summed E-state index contributed by atoms with van der Waals surface area (Å²) in [5.41, 5.74) is -0.179. The lowest BCUT2D eigenvalue weighted by Crippen LogP contribution is -2.55. The zero-order valence-corrected chi connectivity index (χ0v) is 10.6. The van der Waals surface area contributed by atoms with Gasteiger partial charge >= 0.3 is 0 Å². The predicted octanol–water partition coefficient (Wildman–Crippen LogP) is 1.85. The maximum atomic E-state index is 9.55. The number of nitriles is 1. The lowest BCUT2D eigenvalue weighted by Gasteiger charge is -2.44. The molecule has 90 valence electrons. The summed E-state index contributed by atoms with van der Waals surface area (Å²) in [4.78, 5) is 4.73. The highest BCUT2D eigenvalue weighted by molar-refractivity contribution is 5.11. The molecule has 1 heterocycles. The molecule has 2 aliphatic rings. The van der Waals surface area contributed by atoms with Crippen LogP contribution in [0.25, 0.3) is 0 Å². The van der Waals surface area contributed by atoms with Crippen molar-refractivity contribution in [3.05, 3.63) is 0 Å². The van der Waals surface area contributed by atoms with E-state index in [1.165, 1.54) is 25.7 Å². The van der Waals surface area contributed by atoms with Crippen molar-refractivity contribution in [3.63, 3.8) is 0 Å². The number of hydrogen-bond acceptors (Lipinski definition) is 3. The molecule has 0 amide bonds.